The lowest BCUT2D eigenvalue weighted by Crippen LogP contribution is -1.97. The van der Waals surface area contributed by atoms with Crippen molar-refractivity contribution in [3.63, 3.8) is 0 Å². The summed E-state index contributed by atoms with van der Waals surface area (Å²) in [7, 11) is 0. The molecule has 1 rings (SSSR count). The van der Waals surface area contributed by atoms with E-state index in [1.54, 1.807) is 12.1 Å². The van der Waals surface area contributed by atoms with Crippen LogP contribution in [0, 0.1) is 5.82 Å². The summed E-state index contributed by atoms with van der Waals surface area (Å²) in [5.41, 5.74) is 1.80. The van der Waals surface area contributed by atoms with Crippen LogP contribution < -0.4 is 0 Å². The van der Waals surface area contributed by atoms with Gasteiger partial charge in [0.1, 0.15) is 5.82 Å². The second-order valence-electron chi connectivity index (χ2n) is 3.56. The summed E-state index contributed by atoms with van der Waals surface area (Å²) in [5, 5.41) is 9.70. The van der Waals surface area contributed by atoms with Crippen LogP contribution in [0.2, 0.25) is 0 Å². The molecular formula is C12H15FO. The van der Waals surface area contributed by atoms with Crippen LogP contribution in [0.3, 0.4) is 0 Å². The first-order valence-electron chi connectivity index (χ1n) is 4.67. The van der Waals surface area contributed by atoms with Crippen LogP contribution in [0.25, 0.3) is 0 Å². The Labute approximate surface area is 83.9 Å². The lowest BCUT2D eigenvalue weighted by molar-refractivity contribution is 0.167. The average Bonchev–Trinajstić information content (AvgIpc) is 2.15. The van der Waals surface area contributed by atoms with Gasteiger partial charge < -0.3 is 5.11 Å². The van der Waals surface area contributed by atoms with Crippen LogP contribution in [-0.4, -0.2) is 5.11 Å². The summed E-state index contributed by atoms with van der Waals surface area (Å²) in [5.74, 6) is -0.277. The molecule has 0 amide bonds. The third kappa shape index (κ3) is 3.30. The Balaban J connectivity index is 2.56. The Bertz CT molecular complexity index is 303. The number of aliphatic hydroxyl groups is 1. The second-order valence-corrected chi connectivity index (χ2v) is 3.56. The minimum atomic E-state index is -0.521. The van der Waals surface area contributed by atoms with E-state index in [0.717, 1.165) is 17.6 Å². The van der Waals surface area contributed by atoms with Crippen molar-refractivity contribution in [1.82, 2.24) is 0 Å². The van der Waals surface area contributed by atoms with Gasteiger partial charge >= 0.3 is 0 Å². The number of allylic oxidation sites excluding steroid dienone is 1. The van der Waals surface area contributed by atoms with E-state index in [0.29, 0.717) is 6.42 Å². The summed E-state index contributed by atoms with van der Waals surface area (Å²) in [6.45, 7) is 5.69. The van der Waals surface area contributed by atoms with Crippen molar-refractivity contribution >= 4 is 0 Å². The molecule has 0 aromatic heterocycles. The highest BCUT2D eigenvalue weighted by molar-refractivity contribution is 5.18. The molecule has 0 aliphatic heterocycles. The number of hydrogen-bond acceptors (Lipinski definition) is 1. The molecule has 14 heavy (non-hydrogen) atoms. The van der Waals surface area contributed by atoms with Gasteiger partial charge in [0.25, 0.3) is 0 Å². The van der Waals surface area contributed by atoms with Crippen molar-refractivity contribution in [3.05, 3.63) is 47.8 Å². The van der Waals surface area contributed by atoms with Crippen LogP contribution in [-0.2, 0) is 0 Å². The van der Waals surface area contributed by atoms with Crippen LogP contribution in [0.15, 0.2) is 36.4 Å². The zero-order chi connectivity index (χ0) is 10.6. The lowest BCUT2D eigenvalue weighted by atomic mass is 10.0. The molecule has 1 nitrogen and oxygen atoms in total. The maximum Gasteiger partial charge on any atom is 0.123 e. The lowest BCUT2D eigenvalue weighted by Gasteiger charge is -2.10. The second kappa shape index (κ2) is 4.91. The molecular weight excluding hydrogens is 179 g/mol. The number of benzene rings is 1. The first kappa shape index (κ1) is 10.9. The topological polar surface area (TPSA) is 20.2 Å². The van der Waals surface area contributed by atoms with E-state index in [2.05, 4.69) is 6.58 Å². The van der Waals surface area contributed by atoms with Gasteiger partial charge in [-0.15, -0.1) is 6.58 Å². The number of aliphatic hydroxyl groups excluding tert-OH is 1. The van der Waals surface area contributed by atoms with Gasteiger partial charge in [0.15, 0.2) is 0 Å². The average molecular weight is 194 g/mol. The fraction of sp³-hybridized carbons (Fsp3) is 0.333. The number of hydrogen-bond donors (Lipinski definition) is 1. The van der Waals surface area contributed by atoms with E-state index < -0.39 is 6.10 Å². The van der Waals surface area contributed by atoms with Crippen LogP contribution in [0.1, 0.15) is 31.4 Å². The maximum absolute atomic E-state index is 12.6. The van der Waals surface area contributed by atoms with E-state index in [9.17, 15) is 9.50 Å². The molecule has 0 saturated heterocycles. The molecule has 0 aliphatic carbocycles. The minimum absolute atomic E-state index is 0.277. The molecule has 1 aromatic carbocycles. The largest absolute Gasteiger partial charge is 0.388 e. The summed E-state index contributed by atoms with van der Waals surface area (Å²) in [4.78, 5) is 0. The third-order valence-corrected chi connectivity index (χ3v) is 2.10. The summed E-state index contributed by atoms with van der Waals surface area (Å²) in [6, 6.07) is 5.94. The number of rotatable bonds is 4. The van der Waals surface area contributed by atoms with Gasteiger partial charge in [-0.05, 0) is 37.5 Å². The van der Waals surface area contributed by atoms with Gasteiger partial charge in [0.2, 0.25) is 0 Å². The molecule has 2 heteroatoms. The van der Waals surface area contributed by atoms with Crippen molar-refractivity contribution in [2.75, 3.05) is 0 Å². The molecule has 0 radical (unpaired) electrons. The Morgan fingerprint density at radius 3 is 2.50 bits per heavy atom. The highest BCUT2D eigenvalue weighted by atomic mass is 19.1. The van der Waals surface area contributed by atoms with Gasteiger partial charge in [-0.25, -0.2) is 4.39 Å². The van der Waals surface area contributed by atoms with E-state index in [1.165, 1.54) is 12.1 Å². The Hall–Kier alpha value is -1.15. The van der Waals surface area contributed by atoms with Crippen LogP contribution >= 0.6 is 0 Å². The number of halogens is 1. The van der Waals surface area contributed by atoms with Gasteiger partial charge in [-0.3, -0.25) is 0 Å². The first-order chi connectivity index (χ1) is 6.59. The van der Waals surface area contributed by atoms with Crippen molar-refractivity contribution in [2.24, 2.45) is 0 Å². The monoisotopic (exact) mass is 194 g/mol. The van der Waals surface area contributed by atoms with Crippen molar-refractivity contribution < 1.29 is 9.50 Å². The highest BCUT2D eigenvalue weighted by Crippen LogP contribution is 2.20. The summed E-state index contributed by atoms with van der Waals surface area (Å²) < 4.78 is 12.6. The molecule has 76 valence electrons. The fourth-order valence-electron chi connectivity index (χ4n) is 1.23. The molecule has 0 bridgehead atoms. The SMILES string of the molecule is C=C(C)CCC(O)c1ccc(F)cc1. The van der Waals surface area contributed by atoms with Crippen LogP contribution in [0.5, 0.6) is 0 Å². The van der Waals surface area contributed by atoms with E-state index >= 15 is 0 Å². The molecule has 1 unspecified atom stereocenters. The molecule has 1 aromatic rings. The maximum atomic E-state index is 12.6. The molecule has 0 heterocycles. The van der Waals surface area contributed by atoms with E-state index in [1.807, 2.05) is 6.92 Å². The molecule has 0 fully saturated rings. The van der Waals surface area contributed by atoms with Gasteiger partial charge in [-0.1, -0.05) is 17.7 Å². The third-order valence-electron chi connectivity index (χ3n) is 2.10. The Kier molecular flexibility index (Phi) is 3.84. The van der Waals surface area contributed by atoms with E-state index in [-0.39, 0.29) is 5.82 Å². The predicted octanol–water partition coefficient (Wildman–Crippen LogP) is 3.22. The standard InChI is InChI=1S/C12H15FO/c1-9(2)3-8-12(14)10-4-6-11(13)7-5-10/h4-7,12,14H,1,3,8H2,2H3. The molecule has 0 aliphatic rings. The van der Waals surface area contributed by atoms with Gasteiger partial charge in [0.05, 0.1) is 6.10 Å². The Morgan fingerprint density at radius 2 is 2.00 bits per heavy atom. The van der Waals surface area contributed by atoms with Crippen molar-refractivity contribution in [2.45, 2.75) is 25.9 Å². The van der Waals surface area contributed by atoms with E-state index in [4.69, 9.17) is 0 Å². The van der Waals surface area contributed by atoms with Crippen LogP contribution in [0.4, 0.5) is 4.39 Å². The smallest absolute Gasteiger partial charge is 0.123 e. The fourth-order valence-corrected chi connectivity index (χ4v) is 1.23. The first-order valence-corrected chi connectivity index (χ1v) is 4.67. The molecule has 0 saturated carbocycles. The normalized spacial score (nSPS) is 12.5. The summed E-state index contributed by atoms with van der Waals surface area (Å²) >= 11 is 0. The predicted molar refractivity (Wildman–Crippen MR) is 55.4 cm³/mol. The van der Waals surface area contributed by atoms with Gasteiger partial charge in [-0.2, -0.15) is 0 Å². The molecule has 1 atom stereocenters. The Morgan fingerprint density at radius 1 is 1.43 bits per heavy atom. The molecule has 0 spiro atoms. The zero-order valence-electron chi connectivity index (χ0n) is 8.33. The summed E-state index contributed by atoms with van der Waals surface area (Å²) in [6.07, 6.45) is 0.909. The zero-order valence-corrected chi connectivity index (χ0v) is 8.33. The van der Waals surface area contributed by atoms with Gasteiger partial charge in [0, 0.05) is 0 Å². The minimum Gasteiger partial charge on any atom is -0.388 e. The molecule has 1 N–H and O–H groups in total. The highest BCUT2D eigenvalue weighted by Gasteiger charge is 2.06. The van der Waals surface area contributed by atoms with Crippen molar-refractivity contribution in [3.8, 4) is 0 Å². The quantitative estimate of drug-likeness (QED) is 0.730. The van der Waals surface area contributed by atoms with Crippen molar-refractivity contribution in [1.29, 1.82) is 0 Å².